The van der Waals surface area contributed by atoms with Gasteiger partial charge in [0.25, 0.3) is 0 Å². The average molecular weight is 260 g/mol. The molecule has 0 spiro atoms. The summed E-state index contributed by atoms with van der Waals surface area (Å²) in [5, 5.41) is 1.25. The monoisotopic (exact) mass is 259 g/mol. The fourth-order valence-corrected chi connectivity index (χ4v) is 2.56. The molecule has 4 heteroatoms. The molecule has 1 aliphatic heterocycles. The molecule has 2 unspecified atom stereocenters. The van der Waals surface area contributed by atoms with Gasteiger partial charge in [0.05, 0.1) is 12.1 Å². The molecule has 1 aromatic rings. The molecule has 0 saturated carbocycles. The van der Waals surface area contributed by atoms with Crippen molar-refractivity contribution in [3.63, 3.8) is 0 Å². The van der Waals surface area contributed by atoms with Gasteiger partial charge in [0.2, 0.25) is 0 Å². The first kappa shape index (κ1) is 12.2. The maximum atomic E-state index is 6.17. The molecule has 1 heterocycles. The normalized spacial score (nSPS) is 23.1. The van der Waals surface area contributed by atoms with E-state index in [-0.39, 0.29) is 12.1 Å². The van der Waals surface area contributed by atoms with E-state index in [4.69, 9.17) is 33.7 Å². The Labute approximate surface area is 106 Å². The van der Waals surface area contributed by atoms with E-state index >= 15 is 0 Å². The number of hydrogen-bond donors (Lipinski definition) is 1. The van der Waals surface area contributed by atoms with E-state index in [2.05, 4.69) is 0 Å². The van der Waals surface area contributed by atoms with Crippen molar-refractivity contribution in [2.24, 2.45) is 5.73 Å². The predicted molar refractivity (Wildman–Crippen MR) is 67.0 cm³/mol. The zero-order valence-electron chi connectivity index (χ0n) is 8.96. The summed E-state index contributed by atoms with van der Waals surface area (Å²) >= 11 is 12.0. The van der Waals surface area contributed by atoms with Crippen LogP contribution in [0.5, 0.6) is 0 Å². The summed E-state index contributed by atoms with van der Waals surface area (Å²) in [6.45, 7) is 0.795. The minimum atomic E-state index is -0.162. The van der Waals surface area contributed by atoms with E-state index in [1.165, 1.54) is 6.42 Å². The molecule has 2 nitrogen and oxygen atoms in total. The lowest BCUT2D eigenvalue weighted by Crippen LogP contribution is -2.32. The van der Waals surface area contributed by atoms with Crippen molar-refractivity contribution >= 4 is 23.2 Å². The van der Waals surface area contributed by atoms with Gasteiger partial charge in [0.1, 0.15) is 0 Å². The summed E-state index contributed by atoms with van der Waals surface area (Å²) < 4.78 is 5.66. The van der Waals surface area contributed by atoms with Crippen LogP contribution in [0, 0.1) is 0 Å². The van der Waals surface area contributed by atoms with Gasteiger partial charge < -0.3 is 10.5 Å². The van der Waals surface area contributed by atoms with E-state index in [0.29, 0.717) is 10.0 Å². The summed E-state index contributed by atoms with van der Waals surface area (Å²) in [5.41, 5.74) is 7.08. The third kappa shape index (κ3) is 2.69. The molecule has 1 aliphatic rings. The van der Waals surface area contributed by atoms with E-state index in [9.17, 15) is 0 Å². The highest BCUT2D eigenvalue weighted by Gasteiger charge is 2.24. The van der Waals surface area contributed by atoms with E-state index < -0.39 is 0 Å². The quantitative estimate of drug-likeness (QED) is 0.882. The Bertz CT molecular complexity index is 364. The maximum Gasteiger partial charge on any atom is 0.0768 e. The Balaban J connectivity index is 2.15. The van der Waals surface area contributed by atoms with Crippen LogP contribution in [0.2, 0.25) is 10.0 Å². The lowest BCUT2D eigenvalue weighted by molar-refractivity contribution is 0.0000296. The van der Waals surface area contributed by atoms with Gasteiger partial charge in [-0.1, -0.05) is 29.3 Å². The van der Waals surface area contributed by atoms with Crippen molar-refractivity contribution in [2.45, 2.75) is 31.4 Å². The fraction of sp³-hybridized carbons (Fsp3) is 0.500. The Kier molecular flexibility index (Phi) is 4.09. The lowest BCUT2D eigenvalue weighted by Gasteiger charge is -2.28. The molecule has 16 heavy (non-hydrogen) atoms. The van der Waals surface area contributed by atoms with Crippen LogP contribution < -0.4 is 5.73 Å². The van der Waals surface area contributed by atoms with Crippen LogP contribution in [-0.4, -0.2) is 12.7 Å². The number of nitrogens with two attached hydrogens (primary N) is 1. The summed E-state index contributed by atoms with van der Waals surface area (Å²) in [7, 11) is 0. The smallest absolute Gasteiger partial charge is 0.0768 e. The molecule has 0 radical (unpaired) electrons. The van der Waals surface area contributed by atoms with Crippen molar-refractivity contribution in [3.05, 3.63) is 33.8 Å². The summed E-state index contributed by atoms with van der Waals surface area (Å²) in [4.78, 5) is 0. The molecule has 2 atom stereocenters. The van der Waals surface area contributed by atoms with E-state index in [0.717, 1.165) is 25.0 Å². The largest absolute Gasteiger partial charge is 0.376 e. The zero-order chi connectivity index (χ0) is 11.5. The van der Waals surface area contributed by atoms with Crippen LogP contribution in [0.15, 0.2) is 18.2 Å². The van der Waals surface area contributed by atoms with Crippen molar-refractivity contribution in [1.82, 2.24) is 0 Å². The second kappa shape index (κ2) is 5.37. The maximum absolute atomic E-state index is 6.17. The number of hydrogen-bond acceptors (Lipinski definition) is 2. The minimum absolute atomic E-state index is 0.0763. The molecular formula is C12H15Cl2NO. The number of ether oxygens (including phenoxy) is 1. The Hall–Kier alpha value is -0.280. The lowest BCUT2D eigenvalue weighted by atomic mass is 9.96. The van der Waals surface area contributed by atoms with Gasteiger partial charge in [-0.2, -0.15) is 0 Å². The molecule has 2 rings (SSSR count). The highest BCUT2D eigenvalue weighted by atomic mass is 35.5. The van der Waals surface area contributed by atoms with Crippen molar-refractivity contribution in [2.75, 3.05) is 6.61 Å². The number of rotatable bonds is 2. The van der Waals surface area contributed by atoms with Crippen LogP contribution in [0.1, 0.15) is 30.9 Å². The Morgan fingerprint density at radius 1 is 1.31 bits per heavy atom. The molecule has 88 valence electrons. The van der Waals surface area contributed by atoms with Gasteiger partial charge in [-0.3, -0.25) is 0 Å². The SMILES string of the molecule is NC(c1ccc(Cl)cc1Cl)C1CCCCO1. The Morgan fingerprint density at radius 2 is 2.12 bits per heavy atom. The third-order valence-electron chi connectivity index (χ3n) is 2.94. The molecule has 2 N–H and O–H groups in total. The highest BCUT2D eigenvalue weighted by molar-refractivity contribution is 6.35. The minimum Gasteiger partial charge on any atom is -0.376 e. The van der Waals surface area contributed by atoms with E-state index in [1.807, 2.05) is 12.1 Å². The van der Waals surface area contributed by atoms with Crippen LogP contribution in [0.3, 0.4) is 0 Å². The standard InChI is InChI=1S/C12H15Cl2NO/c13-8-4-5-9(10(14)7-8)12(15)11-3-1-2-6-16-11/h4-5,7,11-12H,1-3,6,15H2. The summed E-state index contributed by atoms with van der Waals surface area (Å²) in [6.07, 6.45) is 3.37. The molecule has 0 bridgehead atoms. The van der Waals surface area contributed by atoms with Crippen LogP contribution in [0.4, 0.5) is 0 Å². The van der Waals surface area contributed by atoms with Crippen LogP contribution in [0.25, 0.3) is 0 Å². The Morgan fingerprint density at radius 3 is 2.75 bits per heavy atom. The van der Waals surface area contributed by atoms with Crippen molar-refractivity contribution in [3.8, 4) is 0 Å². The predicted octanol–water partition coefficient (Wildman–Crippen LogP) is 3.56. The van der Waals surface area contributed by atoms with Crippen molar-refractivity contribution < 1.29 is 4.74 Å². The molecule has 0 amide bonds. The fourth-order valence-electron chi connectivity index (χ4n) is 2.02. The molecule has 0 aromatic heterocycles. The van der Waals surface area contributed by atoms with Gasteiger partial charge in [0, 0.05) is 16.7 Å². The van der Waals surface area contributed by atoms with Crippen LogP contribution in [-0.2, 0) is 4.74 Å². The number of benzene rings is 1. The molecule has 1 fully saturated rings. The van der Waals surface area contributed by atoms with Gasteiger partial charge in [-0.15, -0.1) is 0 Å². The summed E-state index contributed by atoms with van der Waals surface area (Å²) in [6, 6.07) is 5.25. The average Bonchev–Trinajstić information content (AvgIpc) is 2.29. The second-order valence-corrected chi connectivity index (χ2v) is 4.94. The second-order valence-electron chi connectivity index (χ2n) is 4.10. The first-order chi connectivity index (χ1) is 7.68. The van der Waals surface area contributed by atoms with E-state index in [1.54, 1.807) is 6.07 Å². The topological polar surface area (TPSA) is 35.2 Å². The molecule has 1 aromatic carbocycles. The highest BCUT2D eigenvalue weighted by Crippen LogP contribution is 2.30. The zero-order valence-corrected chi connectivity index (χ0v) is 10.5. The first-order valence-corrected chi connectivity index (χ1v) is 6.26. The van der Waals surface area contributed by atoms with Crippen LogP contribution >= 0.6 is 23.2 Å². The van der Waals surface area contributed by atoms with Gasteiger partial charge >= 0.3 is 0 Å². The van der Waals surface area contributed by atoms with Gasteiger partial charge in [-0.05, 0) is 37.0 Å². The molecule has 1 saturated heterocycles. The molecule has 0 aliphatic carbocycles. The van der Waals surface area contributed by atoms with Crippen molar-refractivity contribution in [1.29, 1.82) is 0 Å². The van der Waals surface area contributed by atoms with Gasteiger partial charge in [0.15, 0.2) is 0 Å². The first-order valence-electron chi connectivity index (χ1n) is 5.50. The number of halogens is 2. The summed E-state index contributed by atoms with van der Waals surface area (Å²) in [5.74, 6) is 0. The molecular weight excluding hydrogens is 245 g/mol. The van der Waals surface area contributed by atoms with Gasteiger partial charge in [-0.25, -0.2) is 0 Å². The third-order valence-corrected chi connectivity index (χ3v) is 3.50.